The maximum absolute atomic E-state index is 12.4. The average molecular weight is 312 g/mol. The zero-order valence-electron chi connectivity index (χ0n) is 12.8. The monoisotopic (exact) mass is 312 g/mol. The maximum atomic E-state index is 12.4. The first-order chi connectivity index (χ1) is 9.84. The Kier molecular flexibility index (Phi) is 4.91. The van der Waals surface area contributed by atoms with Crippen LogP contribution in [0.4, 0.5) is 5.69 Å². The van der Waals surface area contributed by atoms with Crippen LogP contribution in [0, 0.1) is 0 Å². The van der Waals surface area contributed by atoms with Crippen molar-refractivity contribution in [3.05, 3.63) is 24.3 Å². The molecule has 1 aliphatic carbocycles. The smallest absolute Gasteiger partial charge is 0.242 e. The van der Waals surface area contributed by atoms with Crippen molar-refractivity contribution in [2.24, 2.45) is 0 Å². The Hall–Kier alpha value is -1.11. The van der Waals surface area contributed by atoms with Gasteiger partial charge in [-0.1, -0.05) is 12.1 Å². The summed E-state index contributed by atoms with van der Waals surface area (Å²) in [5, 5.41) is 3.19. The molecule has 1 aromatic rings. The van der Waals surface area contributed by atoms with Gasteiger partial charge < -0.3 is 10.1 Å². The van der Waals surface area contributed by atoms with Crippen molar-refractivity contribution < 1.29 is 13.2 Å². The van der Waals surface area contributed by atoms with Gasteiger partial charge in [0.15, 0.2) is 0 Å². The predicted octanol–water partition coefficient (Wildman–Crippen LogP) is 2.35. The summed E-state index contributed by atoms with van der Waals surface area (Å²) >= 11 is 0. The van der Waals surface area contributed by atoms with E-state index in [1.165, 1.54) is 0 Å². The van der Waals surface area contributed by atoms with E-state index in [0.717, 1.165) is 12.8 Å². The Balaban J connectivity index is 2.13. The van der Waals surface area contributed by atoms with Crippen LogP contribution in [0.5, 0.6) is 0 Å². The highest BCUT2D eigenvalue weighted by Gasteiger charge is 2.29. The minimum Gasteiger partial charge on any atom is -0.381 e. The second kappa shape index (κ2) is 6.34. The van der Waals surface area contributed by atoms with Gasteiger partial charge in [0, 0.05) is 19.2 Å². The van der Waals surface area contributed by atoms with Gasteiger partial charge in [0.2, 0.25) is 10.0 Å². The van der Waals surface area contributed by atoms with Crippen LogP contribution in [0.3, 0.4) is 0 Å². The minimum absolute atomic E-state index is 0.0999. The first-order valence-electron chi connectivity index (χ1n) is 7.33. The average Bonchev–Trinajstić information content (AvgIpc) is 3.20. The summed E-state index contributed by atoms with van der Waals surface area (Å²) in [6.45, 7) is 7.06. The molecule has 0 aliphatic heterocycles. The second-order valence-corrected chi connectivity index (χ2v) is 7.62. The van der Waals surface area contributed by atoms with E-state index in [1.807, 2.05) is 26.8 Å². The quantitative estimate of drug-likeness (QED) is 0.773. The number of hydrogen-bond donors (Lipinski definition) is 2. The van der Waals surface area contributed by atoms with Gasteiger partial charge in [-0.2, -0.15) is 0 Å². The van der Waals surface area contributed by atoms with E-state index < -0.39 is 10.0 Å². The summed E-state index contributed by atoms with van der Waals surface area (Å²) in [4.78, 5) is 0.296. The zero-order chi connectivity index (χ0) is 15.5. The van der Waals surface area contributed by atoms with E-state index in [4.69, 9.17) is 4.74 Å². The Morgan fingerprint density at radius 1 is 1.29 bits per heavy atom. The molecule has 0 spiro atoms. The highest BCUT2D eigenvalue weighted by molar-refractivity contribution is 7.89. The predicted molar refractivity (Wildman–Crippen MR) is 84.0 cm³/mol. The topological polar surface area (TPSA) is 67.4 Å². The Labute approximate surface area is 127 Å². The lowest BCUT2D eigenvalue weighted by molar-refractivity contribution is 0.000660. The molecule has 0 atom stereocenters. The molecule has 0 saturated heterocycles. The largest absolute Gasteiger partial charge is 0.381 e. The molecule has 2 N–H and O–H groups in total. The molecule has 1 fully saturated rings. The molecule has 0 heterocycles. The lowest BCUT2D eigenvalue weighted by atomic mass is 10.1. The summed E-state index contributed by atoms with van der Waals surface area (Å²) in [6.07, 6.45) is 1.85. The van der Waals surface area contributed by atoms with Crippen LogP contribution in [0.15, 0.2) is 29.2 Å². The molecule has 1 saturated carbocycles. The van der Waals surface area contributed by atoms with Gasteiger partial charge in [-0.05, 0) is 45.7 Å². The molecular weight excluding hydrogens is 288 g/mol. The van der Waals surface area contributed by atoms with E-state index in [-0.39, 0.29) is 11.6 Å². The second-order valence-electron chi connectivity index (χ2n) is 5.94. The molecule has 0 bridgehead atoms. The molecule has 0 aromatic heterocycles. The van der Waals surface area contributed by atoms with Crippen molar-refractivity contribution in [1.82, 2.24) is 4.72 Å². The van der Waals surface area contributed by atoms with Gasteiger partial charge in [0.05, 0.1) is 11.3 Å². The van der Waals surface area contributed by atoms with Crippen LogP contribution in [0.25, 0.3) is 0 Å². The number of sulfonamides is 1. The lowest BCUT2D eigenvalue weighted by Gasteiger charge is -2.26. The fourth-order valence-electron chi connectivity index (χ4n) is 2.08. The van der Waals surface area contributed by atoms with E-state index in [0.29, 0.717) is 23.7 Å². The van der Waals surface area contributed by atoms with Crippen LogP contribution in [-0.2, 0) is 14.8 Å². The number of benzene rings is 1. The molecular formula is C15H24N2O3S. The molecule has 1 aromatic carbocycles. The normalized spacial score (nSPS) is 16.0. The summed E-state index contributed by atoms with van der Waals surface area (Å²) in [6, 6.07) is 7.07. The number of rotatable bonds is 8. The molecule has 21 heavy (non-hydrogen) atoms. The van der Waals surface area contributed by atoms with Crippen molar-refractivity contribution in [3.8, 4) is 0 Å². The van der Waals surface area contributed by atoms with Gasteiger partial charge in [-0.25, -0.2) is 13.1 Å². The summed E-state index contributed by atoms with van der Waals surface area (Å²) < 4.78 is 33.1. The first kappa shape index (κ1) is 16.3. The standard InChI is InChI=1S/C15H24N2O3S/c1-4-20-15(2,3)11-16-13-7-5-6-8-14(13)21(18,19)17-12-9-10-12/h5-8,12,16-17H,4,9-11H2,1-3H3. The minimum atomic E-state index is -3.46. The maximum Gasteiger partial charge on any atom is 0.242 e. The third kappa shape index (κ3) is 4.69. The van der Waals surface area contributed by atoms with Crippen molar-refractivity contribution in [3.63, 3.8) is 0 Å². The fourth-order valence-corrected chi connectivity index (χ4v) is 3.57. The Morgan fingerprint density at radius 3 is 2.57 bits per heavy atom. The van der Waals surface area contributed by atoms with E-state index in [1.54, 1.807) is 18.2 Å². The summed E-state index contributed by atoms with van der Waals surface area (Å²) in [5.41, 5.74) is 0.258. The molecule has 0 unspecified atom stereocenters. The first-order valence-corrected chi connectivity index (χ1v) is 8.81. The van der Waals surface area contributed by atoms with Crippen molar-refractivity contribution in [2.45, 2.75) is 50.2 Å². The Bertz CT molecular complexity index is 580. The fraction of sp³-hybridized carbons (Fsp3) is 0.600. The number of ether oxygens (including phenoxy) is 1. The van der Waals surface area contributed by atoms with E-state index >= 15 is 0 Å². The van der Waals surface area contributed by atoms with Crippen molar-refractivity contribution in [2.75, 3.05) is 18.5 Å². The SMILES string of the molecule is CCOC(C)(C)CNc1ccccc1S(=O)(=O)NC1CC1. The summed E-state index contributed by atoms with van der Waals surface area (Å²) in [5.74, 6) is 0. The highest BCUT2D eigenvalue weighted by atomic mass is 32.2. The molecule has 0 radical (unpaired) electrons. The number of hydrogen-bond acceptors (Lipinski definition) is 4. The summed E-state index contributed by atoms with van der Waals surface area (Å²) in [7, 11) is -3.46. The van der Waals surface area contributed by atoms with Gasteiger partial charge >= 0.3 is 0 Å². The molecule has 0 amide bonds. The Morgan fingerprint density at radius 2 is 1.95 bits per heavy atom. The third-order valence-corrected chi connectivity index (χ3v) is 4.89. The van der Waals surface area contributed by atoms with Crippen LogP contribution in [0.2, 0.25) is 0 Å². The van der Waals surface area contributed by atoms with Crippen LogP contribution >= 0.6 is 0 Å². The van der Waals surface area contributed by atoms with E-state index in [9.17, 15) is 8.42 Å². The molecule has 2 rings (SSSR count). The number of anilines is 1. The lowest BCUT2D eigenvalue weighted by Crippen LogP contribution is -2.34. The molecule has 118 valence electrons. The van der Waals surface area contributed by atoms with Crippen LogP contribution < -0.4 is 10.0 Å². The van der Waals surface area contributed by atoms with Gasteiger partial charge in [-0.15, -0.1) is 0 Å². The van der Waals surface area contributed by atoms with Crippen LogP contribution in [-0.4, -0.2) is 33.2 Å². The van der Waals surface area contributed by atoms with Crippen LogP contribution in [0.1, 0.15) is 33.6 Å². The molecule has 5 nitrogen and oxygen atoms in total. The van der Waals surface area contributed by atoms with Gasteiger partial charge in [-0.3, -0.25) is 0 Å². The molecule has 6 heteroatoms. The highest BCUT2D eigenvalue weighted by Crippen LogP contribution is 2.26. The molecule has 1 aliphatic rings. The van der Waals surface area contributed by atoms with Gasteiger partial charge in [0.25, 0.3) is 0 Å². The zero-order valence-corrected chi connectivity index (χ0v) is 13.7. The third-order valence-electron chi connectivity index (χ3n) is 3.32. The van der Waals surface area contributed by atoms with Gasteiger partial charge in [0.1, 0.15) is 4.90 Å². The van der Waals surface area contributed by atoms with Crippen molar-refractivity contribution >= 4 is 15.7 Å². The van der Waals surface area contributed by atoms with Crippen molar-refractivity contribution in [1.29, 1.82) is 0 Å². The number of para-hydroxylation sites is 1. The van der Waals surface area contributed by atoms with E-state index in [2.05, 4.69) is 10.0 Å². The number of nitrogens with one attached hydrogen (secondary N) is 2.